The van der Waals surface area contributed by atoms with Gasteiger partial charge < -0.3 is 15.4 Å². The Labute approximate surface area is 139 Å². The van der Waals surface area contributed by atoms with Crippen LogP contribution in [0, 0.1) is 5.92 Å². The van der Waals surface area contributed by atoms with E-state index in [1.54, 1.807) is 0 Å². The topological polar surface area (TPSA) is 55.6 Å². The summed E-state index contributed by atoms with van der Waals surface area (Å²) in [6.45, 7) is 5.36. The molecule has 1 aromatic carbocycles. The molecule has 1 aliphatic carbocycles. The molecule has 1 unspecified atom stereocenters. The summed E-state index contributed by atoms with van der Waals surface area (Å²) in [4.78, 5) is 14.9. The Balaban J connectivity index is 1.71. The van der Waals surface area contributed by atoms with Gasteiger partial charge in [-0.1, -0.05) is 36.8 Å². The van der Waals surface area contributed by atoms with Crippen molar-refractivity contribution in [2.45, 2.75) is 57.2 Å². The van der Waals surface area contributed by atoms with E-state index in [0.29, 0.717) is 25.5 Å². The molecule has 0 radical (unpaired) electrons. The van der Waals surface area contributed by atoms with Gasteiger partial charge >= 0.3 is 0 Å². The third-order valence-corrected chi connectivity index (χ3v) is 5.34. The Morgan fingerprint density at radius 3 is 2.70 bits per heavy atom. The molecule has 126 valence electrons. The number of carbonyl (C=O) groups excluding carboxylic acids is 1. The van der Waals surface area contributed by atoms with Gasteiger partial charge in [-0.3, -0.25) is 4.79 Å². The Morgan fingerprint density at radius 2 is 2.04 bits per heavy atom. The fourth-order valence-corrected chi connectivity index (χ4v) is 3.81. The van der Waals surface area contributed by atoms with Gasteiger partial charge in [0.2, 0.25) is 5.91 Å². The van der Waals surface area contributed by atoms with Crippen molar-refractivity contribution in [3.8, 4) is 0 Å². The summed E-state index contributed by atoms with van der Waals surface area (Å²) < 4.78 is 6.03. The molecule has 1 amide bonds. The third kappa shape index (κ3) is 3.59. The molecular formula is C19H28N2O2. The second-order valence-corrected chi connectivity index (χ2v) is 7.59. The summed E-state index contributed by atoms with van der Waals surface area (Å²) in [6.07, 6.45) is 3.83. The molecule has 0 aromatic heterocycles. The van der Waals surface area contributed by atoms with E-state index in [-0.39, 0.29) is 23.6 Å². The van der Waals surface area contributed by atoms with Gasteiger partial charge in [-0.25, -0.2) is 0 Å². The van der Waals surface area contributed by atoms with Crippen LogP contribution in [-0.2, 0) is 9.53 Å². The van der Waals surface area contributed by atoms with Crippen molar-refractivity contribution >= 4 is 5.91 Å². The van der Waals surface area contributed by atoms with E-state index in [0.717, 1.165) is 24.8 Å². The van der Waals surface area contributed by atoms with E-state index in [2.05, 4.69) is 26.0 Å². The van der Waals surface area contributed by atoms with Crippen molar-refractivity contribution in [2.75, 3.05) is 13.2 Å². The van der Waals surface area contributed by atoms with Gasteiger partial charge in [-0.15, -0.1) is 0 Å². The number of rotatable bonds is 3. The first-order chi connectivity index (χ1) is 11.0. The van der Waals surface area contributed by atoms with Gasteiger partial charge in [-0.2, -0.15) is 0 Å². The van der Waals surface area contributed by atoms with Gasteiger partial charge in [0.15, 0.2) is 0 Å². The summed E-state index contributed by atoms with van der Waals surface area (Å²) in [6, 6.07) is 10.4. The molecule has 23 heavy (non-hydrogen) atoms. The van der Waals surface area contributed by atoms with Crippen molar-refractivity contribution in [3.63, 3.8) is 0 Å². The molecule has 1 aromatic rings. The molecule has 2 fully saturated rings. The van der Waals surface area contributed by atoms with Crippen molar-refractivity contribution in [1.29, 1.82) is 0 Å². The Morgan fingerprint density at radius 1 is 1.30 bits per heavy atom. The standard InChI is InChI=1S/C19H28N2O2/c1-19(2)13-23-17(14-7-4-3-5-8-14)12-21(19)18(22)11-15-9-6-10-16(15)20/h3-5,7-8,15-17H,6,9-13,20H2,1-2H3/t15-,16+,17?/m0/s1. The number of ether oxygens (including phenoxy) is 1. The summed E-state index contributed by atoms with van der Waals surface area (Å²) in [5.41, 5.74) is 7.03. The lowest BCUT2D eigenvalue weighted by Crippen LogP contribution is -2.56. The van der Waals surface area contributed by atoms with Crippen LogP contribution in [0.3, 0.4) is 0 Å². The predicted octanol–water partition coefficient (Wildman–Crippen LogP) is 2.88. The highest BCUT2D eigenvalue weighted by Crippen LogP contribution is 2.33. The van der Waals surface area contributed by atoms with Crippen LogP contribution in [0.1, 0.15) is 51.2 Å². The first-order valence-corrected chi connectivity index (χ1v) is 8.70. The van der Waals surface area contributed by atoms with Gasteiger partial charge in [0, 0.05) is 12.5 Å². The predicted molar refractivity (Wildman–Crippen MR) is 90.9 cm³/mol. The molecule has 1 heterocycles. The molecule has 2 aliphatic rings. The molecular weight excluding hydrogens is 288 g/mol. The van der Waals surface area contributed by atoms with Crippen LogP contribution in [0.5, 0.6) is 0 Å². The molecule has 2 N–H and O–H groups in total. The van der Waals surface area contributed by atoms with Crippen molar-refractivity contribution in [2.24, 2.45) is 11.7 Å². The number of amides is 1. The number of hydrogen-bond acceptors (Lipinski definition) is 3. The van der Waals surface area contributed by atoms with Crippen molar-refractivity contribution in [3.05, 3.63) is 35.9 Å². The molecule has 0 spiro atoms. The Kier molecular flexibility index (Phi) is 4.74. The van der Waals surface area contributed by atoms with Gasteiger partial charge in [-0.05, 0) is 38.2 Å². The van der Waals surface area contributed by atoms with Crippen LogP contribution in [0.4, 0.5) is 0 Å². The van der Waals surface area contributed by atoms with E-state index in [4.69, 9.17) is 10.5 Å². The van der Waals surface area contributed by atoms with E-state index in [1.165, 1.54) is 0 Å². The minimum atomic E-state index is -0.259. The lowest BCUT2D eigenvalue weighted by atomic mass is 9.94. The highest BCUT2D eigenvalue weighted by Gasteiger charge is 2.39. The molecule has 4 nitrogen and oxygen atoms in total. The molecule has 1 saturated carbocycles. The number of morpholine rings is 1. The largest absolute Gasteiger partial charge is 0.369 e. The second-order valence-electron chi connectivity index (χ2n) is 7.59. The number of benzene rings is 1. The van der Waals surface area contributed by atoms with Gasteiger partial charge in [0.25, 0.3) is 0 Å². The van der Waals surface area contributed by atoms with Crippen LogP contribution in [0.2, 0.25) is 0 Å². The smallest absolute Gasteiger partial charge is 0.223 e. The lowest BCUT2D eigenvalue weighted by Gasteiger charge is -2.46. The monoisotopic (exact) mass is 316 g/mol. The maximum atomic E-state index is 12.9. The first-order valence-electron chi connectivity index (χ1n) is 8.70. The van der Waals surface area contributed by atoms with Crippen LogP contribution < -0.4 is 5.73 Å². The quantitative estimate of drug-likeness (QED) is 0.933. The SMILES string of the molecule is CC1(C)COC(c2ccccc2)CN1C(=O)C[C@@H]1CCC[C@H]1N. The minimum Gasteiger partial charge on any atom is -0.369 e. The van der Waals surface area contributed by atoms with Gasteiger partial charge in [0.1, 0.15) is 6.10 Å². The molecule has 3 rings (SSSR count). The zero-order valence-corrected chi connectivity index (χ0v) is 14.2. The summed E-state index contributed by atoms with van der Waals surface area (Å²) in [5.74, 6) is 0.568. The first kappa shape index (κ1) is 16.5. The Hall–Kier alpha value is -1.39. The summed E-state index contributed by atoms with van der Waals surface area (Å²) >= 11 is 0. The second kappa shape index (κ2) is 6.62. The minimum absolute atomic E-state index is 0.0366. The normalized spacial score (nSPS) is 30.4. The molecule has 0 bridgehead atoms. The van der Waals surface area contributed by atoms with E-state index >= 15 is 0 Å². The zero-order valence-electron chi connectivity index (χ0n) is 14.2. The van der Waals surface area contributed by atoms with Crippen LogP contribution >= 0.6 is 0 Å². The fourth-order valence-electron chi connectivity index (χ4n) is 3.81. The summed E-state index contributed by atoms with van der Waals surface area (Å²) in [5, 5.41) is 0. The van der Waals surface area contributed by atoms with E-state index in [1.807, 2.05) is 23.1 Å². The van der Waals surface area contributed by atoms with E-state index in [9.17, 15) is 4.79 Å². The average Bonchev–Trinajstić information content (AvgIpc) is 2.93. The van der Waals surface area contributed by atoms with E-state index < -0.39 is 0 Å². The van der Waals surface area contributed by atoms with Crippen LogP contribution in [-0.4, -0.2) is 35.5 Å². The highest BCUT2D eigenvalue weighted by molar-refractivity contribution is 5.77. The maximum absolute atomic E-state index is 12.9. The Bertz CT molecular complexity index is 544. The number of nitrogens with two attached hydrogens (primary N) is 1. The summed E-state index contributed by atoms with van der Waals surface area (Å²) in [7, 11) is 0. The number of carbonyl (C=O) groups is 1. The highest BCUT2D eigenvalue weighted by atomic mass is 16.5. The molecule has 1 saturated heterocycles. The van der Waals surface area contributed by atoms with Crippen molar-refractivity contribution in [1.82, 2.24) is 4.90 Å². The molecule has 4 heteroatoms. The number of nitrogens with zero attached hydrogens (tertiary/aromatic N) is 1. The molecule has 3 atom stereocenters. The third-order valence-electron chi connectivity index (χ3n) is 5.34. The zero-order chi connectivity index (χ0) is 16.4. The van der Waals surface area contributed by atoms with Gasteiger partial charge in [0.05, 0.1) is 18.7 Å². The van der Waals surface area contributed by atoms with Crippen LogP contribution in [0.15, 0.2) is 30.3 Å². The van der Waals surface area contributed by atoms with Crippen LogP contribution in [0.25, 0.3) is 0 Å². The fraction of sp³-hybridized carbons (Fsp3) is 0.632. The maximum Gasteiger partial charge on any atom is 0.223 e. The average molecular weight is 316 g/mol. The number of hydrogen-bond donors (Lipinski definition) is 1. The van der Waals surface area contributed by atoms with Crippen molar-refractivity contribution < 1.29 is 9.53 Å². The lowest BCUT2D eigenvalue weighted by molar-refractivity contribution is -0.156. The molecule has 1 aliphatic heterocycles.